The third kappa shape index (κ3) is 3.29. The molecule has 15 heavy (non-hydrogen) atoms. The molecule has 8 heteroatoms. The Hall–Kier alpha value is -0.400. The summed E-state index contributed by atoms with van der Waals surface area (Å²) in [6.07, 6.45) is 0. The Morgan fingerprint density at radius 2 is 1.93 bits per heavy atom. The van der Waals surface area contributed by atoms with Crippen molar-refractivity contribution in [2.24, 2.45) is 0 Å². The summed E-state index contributed by atoms with van der Waals surface area (Å²) >= 11 is 7.91. The fourth-order valence-electron chi connectivity index (χ4n) is 0.796. The van der Waals surface area contributed by atoms with Gasteiger partial charge in [-0.25, -0.2) is 17.2 Å². The van der Waals surface area contributed by atoms with Gasteiger partial charge in [0, 0.05) is 6.07 Å². The Balaban J connectivity index is 3.12. The van der Waals surface area contributed by atoms with E-state index in [-0.39, 0.29) is 10.2 Å². The van der Waals surface area contributed by atoms with Crippen LogP contribution in [0.25, 0.3) is 0 Å². The monoisotopic (exact) mass is 319 g/mol. The largest absolute Gasteiger partial charge is 0.280 e. The van der Waals surface area contributed by atoms with Gasteiger partial charge >= 0.3 is 0 Å². The van der Waals surface area contributed by atoms with Crippen molar-refractivity contribution >= 4 is 43.2 Å². The van der Waals surface area contributed by atoms with Gasteiger partial charge in [-0.05, 0) is 22.0 Å². The summed E-state index contributed by atoms with van der Waals surface area (Å²) in [5.74, 6) is -1.83. The summed E-state index contributed by atoms with van der Waals surface area (Å²) in [4.78, 5) is 0. The highest BCUT2D eigenvalue weighted by atomic mass is 79.9. The van der Waals surface area contributed by atoms with Crippen LogP contribution >= 0.6 is 27.5 Å². The van der Waals surface area contributed by atoms with E-state index < -0.39 is 26.9 Å². The molecule has 3 nitrogen and oxygen atoms in total. The van der Waals surface area contributed by atoms with E-state index in [0.29, 0.717) is 6.07 Å². The van der Waals surface area contributed by atoms with Gasteiger partial charge in [-0.1, -0.05) is 0 Å². The Kier molecular flexibility index (Phi) is 3.91. The maximum Gasteiger partial charge on any atom is 0.246 e. The van der Waals surface area contributed by atoms with Crippen LogP contribution < -0.4 is 4.72 Å². The molecule has 1 N–H and O–H groups in total. The number of halogens is 4. The zero-order chi connectivity index (χ0) is 11.6. The van der Waals surface area contributed by atoms with E-state index in [1.807, 2.05) is 4.72 Å². The molecule has 0 spiro atoms. The van der Waals surface area contributed by atoms with Crippen LogP contribution in [0, 0.1) is 11.6 Å². The van der Waals surface area contributed by atoms with Crippen LogP contribution in [0.3, 0.4) is 0 Å². The molecular weight excluding hydrogens is 316 g/mol. The lowest BCUT2D eigenvalue weighted by Gasteiger charge is -2.07. The average Bonchev–Trinajstić information content (AvgIpc) is 2.14. The number of rotatable bonds is 3. The highest BCUT2D eigenvalue weighted by Gasteiger charge is 2.14. The predicted octanol–water partition coefficient (Wildman–Crippen LogP) is 2.67. The van der Waals surface area contributed by atoms with Crippen LogP contribution in [0.1, 0.15) is 0 Å². The Morgan fingerprint density at radius 1 is 1.33 bits per heavy atom. The van der Waals surface area contributed by atoms with Crippen LogP contribution in [0.4, 0.5) is 14.5 Å². The summed E-state index contributed by atoms with van der Waals surface area (Å²) < 4.78 is 49.7. The Labute approximate surface area is 98.6 Å². The van der Waals surface area contributed by atoms with E-state index in [2.05, 4.69) is 15.9 Å². The zero-order valence-corrected chi connectivity index (χ0v) is 10.3. The second kappa shape index (κ2) is 4.63. The van der Waals surface area contributed by atoms with E-state index in [4.69, 9.17) is 11.6 Å². The lowest BCUT2D eigenvalue weighted by atomic mass is 10.3. The first kappa shape index (κ1) is 12.7. The zero-order valence-electron chi connectivity index (χ0n) is 7.10. The smallest absolute Gasteiger partial charge is 0.246 e. The average molecular weight is 321 g/mol. The van der Waals surface area contributed by atoms with Gasteiger partial charge < -0.3 is 0 Å². The molecule has 0 unspecified atom stereocenters. The molecule has 0 heterocycles. The van der Waals surface area contributed by atoms with Crippen molar-refractivity contribution < 1.29 is 17.2 Å². The normalized spacial score (nSPS) is 11.5. The third-order valence-electron chi connectivity index (χ3n) is 1.42. The van der Waals surface area contributed by atoms with Gasteiger partial charge in [-0.15, -0.1) is 11.6 Å². The minimum absolute atomic E-state index is 0.0452. The van der Waals surface area contributed by atoms with E-state index in [1.54, 1.807) is 0 Å². The molecule has 0 saturated heterocycles. The number of hydrogen-bond acceptors (Lipinski definition) is 2. The molecule has 0 amide bonds. The maximum atomic E-state index is 13.1. The van der Waals surface area contributed by atoms with Crippen LogP contribution in [0.2, 0.25) is 0 Å². The van der Waals surface area contributed by atoms with Gasteiger partial charge in [0.25, 0.3) is 0 Å². The number of sulfonamides is 1. The van der Waals surface area contributed by atoms with Crippen molar-refractivity contribution in [1.29, 1.82) is 0 Å². The molecule has 84 valence electrons. The van der Waals surface area contributed by atoms with Crippen molar-refractivity contribution in [1.82, 2.24) is 0 Å². The molecule has 0 aliphatic heterocycles. The number of anilines is 1. The van der Waals surface area contributed by atoms with Crippen molar-refractivity contribution in [3.63, 3.8) is 0 Å². The lowest BCUT2D eigenvalue weighted by molar-refractivity contribution is 0.579. The van der Waals surface area contributed by atoms with E-state index in [0.717, 1.165) is 6.07 Å². The SMILES string of the molecule is O=S(=O)(CCl)Nc1cc(Br)c(F)cc1F. The maximum absolute atomic E-state index is 13.1. The van der Waals surface area contributed by atoms with Crippen LogP contribution in [0.5, 0.6) is 0 Å². The van der Waals surface area contributed by atoms with Crippen molar-refractivity contribution in [3.05, 3.63) is 28.2 Å². The molecular formula is C7H5BrClF2NO2S. The van der Waals surface area contributed by atoms with Gasteiger partial charge in [0.2, 0.25) is 10.0 Å². The second-order valence-corrected chi connectivity index (χ2v) is 5.73. The second-order valence-electron chi connectivity index (χ2n) is 2.57. The van der Waals surface area contributed by atoms with Crippen molar-refractivity contribution in [2.45, 2.75) is 0 Å². The summed E-state index contributed by atoms with van der Waals surface area (Å²) in [6, 6.07) is 1.55. The molecule has 0 radical (unpaired) electrons. The topological polar surface area (TPSA) is 46.2 Å². The summed E-state index contributed by atoms with van der Waals surface area (Å²) in [6.45, 7) is 0. The summed E-state index contributed by atoms with van der Waals surface area (Å²) in [5, 5.41) is -0.707. The molecule has 1 aromatic carbocycles. The van der Waals surface area contributed by atoms with Gasteiger partial charge in [0.15, 0.2) is 0 Å². The van der Waals surface area contributed by atoms with Gasteiger partial charge in [-0.2, -0.15) is 0 Å². The van der Waals surface area contributed by atoms with Crippen molar-refractivity contribution in [2.75, 3.05) is 9.93 Å². The number of hydrogen-bond donors (Lipinski definition) is 1. The third-order valence-corrected chi connectivity index (χ3v) is 3.71. The molecule has 0 atom stereocenters. The standard InChI is InChI=1S/C7H5BrClF2NO2S/c8-4-1-7(6(11)2-5(4)10)12-15(13,14)3-9/h1-2,12H,3H2. The van der Waals surface area contributed by atoms with Crippen molar-refractivity contribution in [3.8, 4) is 0 Å². The minimum Gasteiger partial charge on any atom is -0.280 e. The summed E-state index contributed by atoms with van der Waals surface area (Å²) in [7, 11) is -3.79. The van der Waals surface area contributed by atoms with Gasteiger partial charge in [-0.3, -0.25) is 4.72 Å². The number of nitrogens with one attached hydrogen (secondary N) is 1. The summed E-state index contributed by atoms with van der Waals surface area (Å²) in [5.41, 5.74) is -0.357. The van der Waals surface area contributed by atoms with E-state index in [9.17, 15) is 17.2 Å². The van der Waals surface area contributed by atoms with Gasteiger partial charge in [0.1, 0.15) is 16.8 Å². The first-order valence-electron chi connectivity index (χ1n) is 3.57. The predicted molar refractivity (Wildman–Crippen MR) is 57.3 cm³/mol. The quantitative estimate of drug-likeness (QED) is 0.687. The molecule has 0 aliphatic carbocycles. The van der Waals surface area contributed by atoms with Crippen LogP contribution in [-0.4, -0.2) is 13.6 Å². The molecule has 1 aromatic rings. The highest BCUT2D eigenvalue weighted by Crippen LogP contribution is 2.24. The molecule has 0 bridgehead atoms. The lowest BCUT2D eigenvalue weighted by Crippen LogP contribution is -2.14. The Morgan fingerprint density at radius 3 is 2.47 bits per heavy atom. The molecule has 1 rings (SSSR count). The fourth-order valence-corrected chi connectivity index (χ4v) is 1.85. The number of alkyl halides is 1. The fraction of sp³-hybridized carbons (Fsp3) is 0.143. The molecule has 0 aliphatic rings. The molecule has 0 aromatic heterocycles. The van der Waals surface area contributed by atoms with Crippen LogP contribution in [-0.2, 0) is 10.0 Å². The molecule has 0 saturated carbocycles. The highest BCUT2D eigenvalue weighted by molar-refractivity contribution is 9.10. The van der Waals surface area contributed by atoms with Gasteiger partial charge in [0.05, 0.1) is 10.2 Å². The minimum atomic E-state index is -3.79. The molecule has 0 fully saturated rings. The Bertz CT molecular complexity index is 480. The number of benzene rings is 1. The van der Waals surface area contributed by atoms with E-state index in [1.165, 1.54) is 0 Å². The van der Waals surface area contributed by atoms with E-state index >= 15 is 0 Å². The van der Waals surface area contributed by atoms with Crippen LogP contribution in [0.15, 0.2) is 16.6 Å². The first-order valence-corrected chi connectivity index (χ1v) is 6.54. The first-order chi connectivity index (χ1) is 6.85.